The fraction of sp³-hybridized carbons (Fsp3) is 0.381. The standard InChI is InChI=1S/C21H24N8O4/c1-12-3-4-16(15-6-8-29(27-15)17-5-7-24-26-17)28(11-12)21(32)19(31)25-13-9-14(18(22)30)20(33-2)23-10-13/h5,7-10,12,16H,3-4,6,11H2,1-2H3,(H3-,22,24,25,26,30,31)/p+1/t12-,16+/m1/s1. The molecule has 0 aliphatic carbocycles. The van der Waals surface area contributed by atoms with Crippen molar-refractivity contribution in [3.8, 4) is 5.88 Å². The van der Waals surface area contributed by atoms with Gasteiger partial charge in [0.15, 0.2) is 0 Å². The number of nitrogens with two attached hydrogens (primary N) is 1. The molecule has 0 radical (unpaired) electrons. The van der Waals surface area contributed by atoms with E-state index in [2.05, 4.69) is 25.6 Å². The summed E-state index contributed by atoms with van der Waals surface area (Å²) in [6, 6.07) is 2.83. The number of nitrogens with one attached hydrogen (secondary N) is 2. The second kappa shape index (κ2) is 9.18. The molecule has 2 aromatic heterocycles. The molecule has 0 aromatic carbocycles. The van der Waals surface area contributed by atoms with E-state index < -0.39 is 17.7 Å². The van der Waals surface area contributed by atoms with Crippen LogP contribution in [0.4, 0.5) is 11.5 Å². The Morgan fingerprint density at radius 3 is 2.85 bits per heavy atom. The number of hydrazone groups is 1. The third-order valence-corrected chi connectivity index (χ3v) is 5.67. The highest BCUT2D eigenvalue weighted by Crippen LogP contribution is 2.26. The number of hydrogen-bond acceptors (Lipinski definition) is 7. The first-order valence-corrected chi connectivity index (χ1v) is 10.5. The summed E-state index contributed by atoms with van der Waals surface area (Å²) in [5.74, 6) is -1.26. The number of aromatic nitrogens is 3. The van der Waals surface area contributed by atoms with Gasteiger partial charge in [-0.2, -0.15) is 0 Å². The second-order valence-corrected chi connectivity index (χ2v) is 8.02. The van der Waals surface area contributed by atoms with Crippen LogP contribution in [0.1, 0.15) is 36.5 Å². The molecule has 2 aromatic rings. The average molecular weight is 453 g/mol. The quantitative estimate of drug-likeness (QED) is 0.445. The van der Waals surface area contributed by atoms with E-state index in [1.54, 1.807) is 21.8 Å². The smallest absolute Gasteiger partial charge is 0.326 e. The maximum Gasteiger partial charge on any atom is 0.326 e. The predicted molar refractivity (Wildman–Crippen MR) is 118 cm³/mol. The number of piperidine rings is 1. The maximum atomic E-state index is 13.1. The van der Waals surface area contributed by atoms with Gasteiger partial charge in [0.05, 0.1) is 43.0 Å². The van der Waals surface area contributed by atoms with E-state index in [4.69, 9.17) is 10.5 Å². The Balaban J connectivity index is 1.51. The highest BCUT2D eigenvalue weighted by molar-refractivity contribution is 6.40. The molecule has 0 spiro atoms. The number of nitrogens with zero attached hydrogens (tertiary/aromatic N) is 5. The molecule has 4 N–H and O–H groups in total. The number of likely N-dealkylation sites (tertiary alicyclic amines) is 1. The molecular formula is C21H25N8O4+. The Labute approximate surface area is 189 Å². The van der Waals surface area contributed by atoms with Crippen LogP contribution < -0.4 is 15.8 Å². The first-order chi connectivity index (χ1) is 15.9. The first-order valence-electron chi connectivity index (χ1n) is 10.5. The Hall–Kier alpha value is -4.09. The minimum absolute atomic E-state index is 0.00182. The van der Waals surface area contributed by atoms with E-state index >= 15 is 0 Å². The largest absolute Gasteiger partial charge is 0.480 e. The van der Waals surface area contributed by atoms with E-state index in [0.29, 0.717) is 19.4 Å². The number of H-pyrrole nitrogens is 1. The second-order valence-electron chi connectivity index (χ2n) is 8.02. The van der Waals surface area contributed by atoms with Gasteiger partial charge in [-0.15, -0.1) is 9.78 Å². The Morgan fingerprint density at radius 1 is 1.33 bits per heavy atom. The molecule has 4 heterocycles. The van der Waals surface area contributed by atoms with Gasteiger partial charge in [-0.25, -0.2) is 4.98 Å². The molecule has 0 bridgehead atoms. The van der Waals surface area contributed by atoms with Crippen molar-refractivity contribution in [3.63, 3.8) is 0 Å². The van der Waals surface area contributed by atoms with Gasteiger partial charge in [-0.3, -0.25) is 14.4 Å². The summed E-state index contributed by atoms with van der Waals surface area (Å²) in [4.78, 5) is 43.1. The number of anilines is 1. The van der Waals surface area contributed by atoms with Gasteiger partial charge < -0.3 is 20.7 Å². The van der Waals surface area contributed by atoms with E-state index in [1.807, 2.05) is 13.1 Å². The van der Waals surface area contributed by atoms with Crippen LogP contribution in [0.5, 0.6) is 5.88 Å². The van der Waals surface area contributed by atoms with Crippen LogP contribution in [-0.4, -0.2) is 74.1 Å². The van der Waals surface area contributed by atoms with Crippen molar-refractivity contribution in [2.45, 2.75) is 32.2 Å². The number of methoxy groups -OCH3 is 1. The van der Waals surface area contributed by atoms with Gasteiger partial charge in [-0.1, -0.05) is 17.1 Å². The molecule has 2 aliphatic rings. The van der Waals surface area contributed by atoms with E-state index in [9.17, 15) is 14.4 Å². The molecule has 12 nitrogen and oxygen atoms in total. The Kier molecular flexibility index (Phi) is 6.16. The molecule has 172 valence electrons. The van der Waals surface area contributed by atoms with E-state index in [0.717, 1.165) is 18.0 Å². The highest BCUT2D eigenvalue weighted by Gasteiger charge is 2.38. The molecule has 12 heteroatoms. The van der Waals surface area contributed by atoms with Crippen LogP contribution in [0.2, 0.25) is 0 Å². The van der Waals surface area contributed by atoms with Crippen molar-refractivity contribution in [2.24, 2.45) is 16.8 Å². The summed E-state index contributed by atoms with van der Waals surface area (Å²) >= 11 is 0. The number of carbonyl (C=O) groups is 3. The molecule has 1 fully saturated rings. The molecule has 33 heavy (non-hydrogen) atoms. The monoisotopic (exact) mass is 453 g/mol. The van der Waals surface area contributed by atoms with Crippen LogP contribution in [0.3, 0.4) is 0 Å². The topological polar surface area (TPSA) is 159 Å². The molecule has 2 atom stereocenters. The van der Waals surface area contributed by atoms with Gasteiger partial charge in [0.25, 0.3) is 5.91 Å². The molecule has 0 unspecified atom stereocenters. The average Bonchev–Trinajstić information content (AvgIpc) is 3.50. The molecular weight excluding hydrogens is 428 g/mol. The lowest BCUT2D eigenvalue weighted by Crippen LogP contribution is -2.53. The van der Waals surface area contributed by atoms with Crippen molar-refractivity contribution in [1.82, 2.24) is 20.1 Å². The van der Waals surface area contributed by atoms with Gasteiger partial charge in [0, 0.05) is 13.0 Å². The fourth-order valence-electron chi connectivity index (χ4n) is 4.03. The number of ether oxygens (including phenoxy) is 1. The van der Waals surface area contributed by atoms with Crippen LogP contribution in [0.15, 0.2) is 29.6 Å². The van der Waals surface area contributed by atoms with Gasteiger partial charge in [0.1, 0.15) is 11.8 Å². The molecule has 0 saturated carbocycles. The number of amides is 3. The molecule has 1 saturated heterocycles. The number of pyridine rings is 1. The van der Waals surface area contributed by atoms with Crippen molar-refractivity contribution >= 4 is 41.2 Å². The van der Waals surface area contributed by atoms with Crippen LogP contribution >= 0.6 is 0 Å². The van der Waals surface area contributed by atoms with E-state index in [-0.39, 0.29) is 29.1 Å². The zero-order valence-electron chi connectivity index (χ0n) is 18.3. The Morgan fingerprint density at radius 2 is 2.15 bits per heavy atom. The zero-order valence-corrected chi connectivity index (χ0v) is 18.3. The summed E-state index contributed by atoms with van der Waals surface area (Å²) in [7, 11) is 1.35. The van der Waals surface area contributed by atoms with Gasteiger partial charge in [0.2, 0.25) is 5.88 Å². The minimum atomic E-state index is -0.829. The van der Waals surface area contributed by atoms with Crippen molar-refractivity contribution in [3.05, 3.63) is 30.1 Å². The minimum Gasteiger partial charge on any atom is -0.480 e. The maximum absolute atomic E-state index is 13.1. The molecule has 3 amide bonds. The molecule has 2 aliphatic heterocycles. The number of rotatable bonds is 5. The molecule has 4 rings (SSSR count). The lowest BCUT2D eigenvalue weighted by atomic mass is 9.90. The number of aromatic amines is 1. The predicted octanol–water partition coefficient (Wildman–Crippen LogP) is 0.652. The van der Waals surface area contributed by atoms with Crippen LogP contribution in [-0.2, 0) is 9.59 Å². The normalized spacial score (nSPS) is 20.1. The fourth-order valence-corrected chi connectivity index (χ4v) is 4.03. The summed E-state index contributed by atoms with van der Waals surface area (Å²) in [5.41, 5.74) is 6.32. The van der Waals surface area contributed by atoms with Crippen LogP contribution in [0, 0.1) is 5.92 Å². The van der Waals surface area contributed by atoms with Crippen molar-refractivity contribution in [2.75, 3.05) is 19.0 Å². The summed E-state index contributed by atoms with van der Waals surface area (Å²) in [5, 5.41) is 13.9. The van der Waals surface area contributed by atoms with Crippen molar-refractivity contribution < 1.29 is 23.8 Å². The summed E-state index contributed by atoms with van der Waals surface area (Å²) < 4.78 is 6.69. The van der Waals surface area contributed by atoms with E-state index in [1.165, 1.54) is 19.4 Å². The Bertz CT molecular complexity index is 1140. The van der Waals surface area contributed by atoms with Gasteiger partial charge in [-0.05, 0) is 24.8 Å². The first kappa shape index (κ1) is 22.1. The van der Waals surface area contributed by atoms with Crippen LogP contribution in [0.25, 0.3) is 0 Å². The lowest BCUT2D eigenvalue weighted by molar-refractivity contribution is -0.441. The number of primary amides is 1. The third kappa shape index (κ3) is 4.59. The number of carbonyl (C=O) groups excluding carboxylic acids is 3. The highest BCUT2D eigenvalue weighted by atomic mass is 16.5. The van der Waals surface area contributed by atoms with Gasteiger partial charge >= 0.3 is 17.6 Å². The third-order valence-electron chi connectivity index (χ3n) is 5.67. The summed E-state index contributed by atoms with van der Waals surface area (Å²) in [6.07, 6.45) is 7.02. The lowest BCUT2D eigenvalue weighted by Gasteiger charge is -2.37. The van der Waals surface area contributed by atoms with Crippen molar-refractivity contribution in [1.29, 1.82) is 0 Å². The SMILES string of the molecule is COc1ncc(NC(=O)C(=O)N2C[C@H](C)CC[C@H]2C2=N[N+](c3ccn[nH]3)=CC2)cc1C(N)=O. The summed E-state index contributed by atoms with van der Waals surface area (Å²) in [6.45, 7) is 2.48. The number of hydrogen-bond donors (Lipinski definition) is 3. The zero-order chi connectivity index (χ0) is 23.5.